The Kier molecular flexibility index (Phi) is 4.36. The number of nitrogens with zero attached hydrogens (tertiary/aromatic N) is 2. The number of benzene rings is 2. The lowest BCUT2D eigenvalue weighted by Crippen LogP contribution is -2.26. The van der Waals surface area contributed by atoms with Crippen molar-refractivity contribution < 1.29 is 14.1 Å². The first-order valence-corrected chi connectivity index (χ1v) is 6.42. The number of nitro groups is 1. The maximum atomic E-state index is 12.8. The zero-order chi connectivity index (χ0) is 16.3. The Morgan fingerprint density at radius 2 is 1.91 bits per heavy atom. The largest absolute Gasteiger partial charge is 0.393 e. The SMILES string of the molecule is CN(Cc1ccc(F)cc1)C(=O)c1ccc(N)c([N+](=O)[O-])c1. The van der Waals surface area contributed by atoms with Crippen LogP contribution in [0.2, 0.25) is 0 Å². The van der Waals surface area contributed by atoms with Gasteiger partial charge >= 0.3 is 0 Å². The first kappa shape index (κ1) is 15.4. The maximum Gasteiger partial charge on any atom is 0.292 e. The van der Waals surface area contributed by atoms with E-state index in [2.05, 4.69) is 0 Å². The van der Waals surface area contributed by atoms with Gasteiger partial charge in [-0.15, -0.1) is 0 Å². The second-order valence-corrected chi connectivity index (χ2v) is 4.82. The van der Waals surface area contributed by atoms with E-state index < -0.39 is 4.92 Å². The summed E-state index contributed by atoms with van der Waals surface area (Å²) in [5.41, 5.74) is 6.12. The molecule has 0 aliphatic carbocycles. The van der Waals surface area contributed by atoms with E-state index in [1.807, 2.05) is 0 Å². The number of nitro benzene ring substituents is 1. The van der Waals surface area contributed by atoms with Crippen LogP contribution in [-0.4, -0.2) is 22.8 Å². The summed E-state index contributed by atoms with van der Waals surface area (Å²) in [6.07, 6.45) is 0. The Bertz CT molecular complexity index is 716. The molecule has 0 aliphatic rings. The molecule has 0 aromatic heterocycles. The topological polar surface area (TPSA) is 89.5 Å². The molecule has 2 N–H and O–H groups in total. The normalized spacial score (nSPS) is 10.3. The summed E-state index contributed by atoms with van der Waals surface area (Å²) < 4.78 is 12.8. The minimum Gasteiger partial charge on any atom is -0.393 e. The molecule has 22 heavy (non-hydrogen) atoms. The monoisotopic (exact) mass is 303 g/mol. The van der Waals surface area contributed by atoms with Crippen molar-refractivity contribution in [2.24, 2.45) is 0 Å². The van der Waals surface area contributed by atoms with Gasteiger partial charge in [0.15, 0.2) is 0 Å². The number of anilines is 1. The number of amides is 1. The molecular weight excluding hydrogens is 289 g/mol. The number of rotatable bonds is 4. The summed E-state index contributed by atoms with van der Waals surface area (Å²) in [4.78, 5) is 23.9. The van der Waals surface area contributed by atoms with Crippen molar-refractivity contribution in [2.75, 3.05) is 12.8 Å². The lowest BCUT2D eigenvalue weighted by molar-refractivity contribution is -0.383. The molecule has 2 aromatic carbocycles. The number of carbonyl (C=O) groups is 1. The van der Waals surface area contributed by atoms with Crippen molar-refractivity contribution >= 4 is 17.3 Å². The van der Waals surface area contributed by atoms with E-state index in [1.54, 1.807) is 19.2 Å². The molecule has 0 spiro atoms. The van der Waals surface area contributed by atoms with Gasteiger partial charge in [0.2, 0.25) is 0 Å². The minimum absolute atomic E-state index is 0.00253. The quantitative estimate of drug-likeness (QED) is 0.534. The summed E-state index contributed by atoms with van der Waals surface area (Å²) in [7, 11) is 1.56. The highest BCUT2D eigenvalue weighted by Crippen LogP contribution is 2.23. The fourth-order valence-electron chi connectivity index (χ4n) is 1.99. The fourth-order valence-corrected chi connectivity index (χ4v) is 1.99. The first-order valence-electron chi connectivity index (χ1n) is 6.42. The van der Waals surface area contributed by atoms with Gasteiger partial charge in [-0.25, -0.2) is 4.39 Å². The molecule has 0 unspecified atom stereocenters. The zero-order valence-corrected chi connectivity index (χ0v) is 11.8. The fraction of sp³-hybridized carbons (Fsp3) is 0.133. The Balaban J connectivity index is 2.18. The molecule has 2 aromatic rings. The molecular formula is C15H14FN3O3. The van der Waals surface area contributed by atoms with Gasteiger partial charge in [0.05, 0.1) is 4.92 Å². The average Bonchev–Trinajstić information content (AvgIpc) is 2.49. The van der Waals surface area contributed by atoms with Crippen LogP contribution in [0.4, 0.5) is 15.8 Å². The molecule has 0 radical (unpaired) electrons. The van der Waals surface area contributed by atoms with Crippen LogP contribution < -0.4 is 5.73 Å². The van der Waals surface area contributed by atoms with E-state index in [0.29, 0.717) is 0 Å². The predicted octanol–water partition coefficient (Wildman–Crippen LogP) is 2.59. The van der Waals surface area contributed by atoms with Crippen LogP contribution in [0.15, 0.2) is 42.5 Å². The molecule has 114 valence electrons. The van der Waals surface area contributed by atoms with Crippen LogP contribution >= 0.6 is 0 Å². The van der Waals surface area contributed by atoms with Gasteiger partial charge in [-0.3, -0.25) is 14.9 Å². The summed E-state index contributed by atoms with van der Waals surface area (Å²) in [6.45, 7) is 0.261. The van der Waals surface area contributed by atoms with Gasteiger partial charge in [0.25, 0.3) is 11.6 Å². The average molecular weight is 303 g/mol. The predicted molar refractivity (Wildman–Crippen MR) is 79.7 cm³/mol. The van der Waals surface area contributed by atoms with Gasteiger partial charge in [0.1, 0.15) is 11.5 Å². The molecule has 0 saturated carbocycles. The van der Waals surface area contributed by atoms with Gasteiger partial charge < -0.3 is 10.6 Å². The Morgan fingerprint density at radius 1 is 1.27 bits per heavy atom. The molecule has 0 bridgehead atoms. The second-order valence-electron chi connectivity index (χ2n) is 4.82. The number of nitrogens with two attached hydrogens (primary N) is 1. The molecule has 2 rings (SSSR count). The van der Waals surface area contributed by atoms with E-state index in [9.17, 15) is 19.3 Å². The van der Waals surface area contributed by atoms with Gasteiger partial charge in [-0.2, -0.15) is 0 Å². The summed E-state index contributed by atoms with van der Waals surface area (Å²) >= 11 is 0. The van der Waals surface area contributed by atoms with Crippen LogP contribution in [0.5, 0.6) is 0 Å². The lowest BCUT2D eigenvalue weighted by atomic mass is 10.1. The Labute approximate surface area is 126 Å². The number of halogens is 1. The van der Waals surface area contributed by atoms with Crippen LogP contribution in [0, 0.1) is 15.9 Å². The van der Waals surface area contributed by atoms with E-state index in [4.69, 9.17) is 5.73 Å². The van der Waals surface area contributed by atoms with E-state index in [0.717, 1.165) is 11.6 Å². The van der Waals surface area contributed by atoms with Crippen molar-refractivity contribution in [1.29, 1.82) is 0 Å². The third-order valence-electron chi connectivity index (χ3n) is 3.15. The summed E-state index contributed by atoms with van der Waals surface area (Å²) in [5, 5.41) is 10.9. The number of carbonyl (C=O) groups excluding carboxylic acids is 1. The smallest absolute Gasteiger partial charge is 0.292 e. The van der Waals surface area contributed by atoms with Crippen LogP contribution in [0.1, 0.15) is 15.9 Å². The molecule has 0 heterocycles. The summed E-state index contributed by atoms with van der Waals surface area (Å²) in [5.74, 6) is -0.737. The highest BCUT2D eigenvalue weighted by molar-refractivity contribution is 5.95. The van der Waals surface area contributed by atoms with Crippen LogP contribution in [0.3, 0.4) is 0 Å². The van der Waals surface area contributed by atoms with E-state index >= 15 is 0 Å². The molecule has 0 fully saturated rings. The van der Waals surface area contributed by atoms with Crippen LogP contribution in [0.25, 0.3) is 0 Å². The molecule has 0 saturated heterocycles. The third-order valence-corrected chi connectivity index (χ3v) is 3.15. The van der Waals surface area contributed by atoms with Crippen molar-refractivity contribution in [3.05, 3.63) is 69.5 Å². The summed E-state index contributed by atoms with van der Waals surface area (Å²) in [6, 6.07) is 9.68. The third kappa shape index (κ3) is 3.38. The number of hydrogen-bond acceptors (Lipinski definition) is 4. The number of hydrogen-bond donors (Lipinski definition) is 1. The van der Waals surface area contributed by atoms with E-state index in [-0.39, 0.29) is 35.2 Å². The van der Waals surface area contributed by atoms with Gasteiger partial charge in [-0.1, -0.05) is 12.1 Å². The molecule has 0 aliphatic heterocycles. The van der Waals surface area contributed by atoms with Crippen molar-refractivity contribution in [1.82, 2.24) is 4.90 Å². The maximum absolute atomic E-state index is 12.8. The first-order chi connectivity index (χ1) is 10.4. The van der Waals surface area contributed by atoms with E-state index in [1.165, 1.54) is 29.2 Å². The van der Waals surface area contributed by atoms with Gasteiger partial charge in [0, 0.05) is 25.2 Å². The molecule has 0 atom stereocenters. The van der Waals surface area contributed by atoms with Crippen molar-refractivity contribution in [3.63, 3.8) is 0 Å². The van der Waals surface area contributed by atoms with Crippen molar-refractivity contribution in [3.8, 4) is 0 Å². The molecule has 7 heteroatoms. The lowest BCUT2D eigenvalue weighted by Gasteiger charge is -2.17. The van der Waals surface area contributed by atoms with Crippen molar-refractivity contribution in [2.45, 2.75) is 6.54 Å². The molecule has 6 nitrogen and oxygen atoms in total. The van der Waals surface area contributed by atoms with Gasteiger partial charge in [-0.05, 0) is 29.8 Å². The number of nitrogen functional groups attached to an aromatic ring is 1. The zero-order valence-electron chi connectivity index (χ0n) is 11.8. The highest BCUT2D eigenvalue weighted by Gasteiger charge is 2.18. The minimum atomic E-state index is -0.633. The Morgan fingerprint density at radius 3 is 2.50 bits per heavy atom. The second kappa shape index (κ2) is 6.21. The van der Waals surface area contributed by atoms with Crippen LogP contribution in [-0.2, 0) is 6.54 Å². The highest BCUT2D eigenvalue weighted by atomic mass is 19.1. The molecule has 1 amide bonds. The standard InChI is InChI=1S/C15H14FN3O3/c1-18(9-10-2-5-12(16)6-3-10)15(20)11-4-7-13(17)14(8-11)19(21)22/h2-8H,9,17H2,1H3. The Hall–Kier alpha value is -2.96.